The van der Waals surface area contributed by atoms with Crippen LogP contribution >= 0.6 is 0 Å². The standard InChI is InChI=1S/C20H20N2O3S/c1-15-9-11-17(12-10-15)25-18-7-4-3-6-16(18)14-22-20-19(26(2,23)24)8-5-13-21-20/h3-13H,14H2,1-2H3,(H,21,22). The van der Waals surface area contributed by atoms with Crippen molar-refractivity contribution in [1.82, 2.24) is 4.98 Å². The minimum absolute atomic E-state index is 0.178. The van der Waals surface area contributed by atoms with E-state index in [9.17, 15) is 8.42 Å². The smallest absolute Gasteiger partial charge is 0.179 e. The van der Waals surface area contributed by atoms with Gasteiger partial charge in [-0.1, -0.05) is 35.9 Å². The first-order chi connectivity index (χ1) is 12.4. The third kappa shape index (κ3) is 4.40. The van der Waals surface area contributed by atoms with Crippen molar-refractivity contribution in [3.63, 3.8) is 0 Å². The molecule has 1 aromatic heterocycles. The topological polar surface area (TPSA) is 68.3 Å². The predicted octanol–water partition coefficient (Wildman–Crippen LogP) is 4.20. The van der Waals surface area contributed by atoms with Crippen LogP contribution in [-0.2, 0) is 16.4 Å². The van der Waals surface area contributed by atoms with Gasteiger partial charge in [0.25, 0.3) is 0 Å². The molecule has 0 aliphatic heterocycles. The second kappa shape index (κ2) is 7.58. The lowest BCUT2D eigenvalue weighted by molar-refractivity contribution is 0.477. The Morgan fingerprint density at radius 3 is 2.46 bits per heavy atom. The van der Waals surface area contributed by atoms with Crippen molar-refractivity contribution < 1.29 is 13.2 Å². The Kier molecular flexibility index (Phi) is 5.23. The highest BCUT2D eigenvalue weighted by molar-refractivity contribution is 7.90. The Hall–Kier alpha value is -2.86. The highest BCUT2D eigenvalue weighted by Crippen LogP contribution is 2.27. The zero-order valence-corrected chi connectivity index (χ0v) is 15.5. The molecule has 5 nitrogen and oxygen atoms in total. The Labute approximate surface area is 153 Å². The molecule has 3 aromatic rings. The summed E-state index contributed by atoms with van der Waals surface area (Å²) in [6, 6.07) is 18.6. The molecule has 0 amide bonds. The van der Waals surface area contributed by atoms with Gasteiger partial charge in [-0.15, -0.1) is 0 Å². The van der Waals surface area contributed by atoms with Crippen molar-refractivity contribution in [2.75, 3.05) is 11.6 Å². The maximum absolute atomic E-state index is 11.9. The second-order valence-electron chi connectivity index (χ2n) is 6.00. The summed E-state index contributed by atoms with van der Waals surface area (Å²) in [7, 11) is -3.36. The molecule has 0 saturated carbocycles. The fraction of sp³-hybridized carbons (Fsp3) is 0.150. The number of hydrogen-bond donors (Lipinski definition) is 1. The minimum atomic E-state index is -3.36. The summed E-state index contributed by atoms with van der Waals surface area (Å²) in [6.07, 6.45) is 2.73. The highest BCUT2D eigenvalue weighted by Gasteiger charge is 2.14. The molecule has 0 aliphatic carbocycles. The number of pyridine rings is 1. The van der Waals surface area contributed by atoms with Crippen LogP contribution in [0.1, 0.15) is 11.1 Å². The molecule has 0 radical (unpaired) electrons. The van der Waals surface area contributed by atoms with Gasteiger partial charge < -0.3 is 10.1 Å². The van der Waals surface area contributed by atoms with Crippen LogP contribution in [0.2, 0.25) is 0 Å². The van der Waals surface area contributed by atoms with Crippen molar-refractivity contribution in [3.8, 4) is 11.5 Å². The lowest BCUT2D eigenvalue weighted by Crippen LogP contribution is -2.08. The van der Waals surface area contributed by atoms with Crippen LogP contribution in [0.5, 0.6) is 11.5 Å². The molecule has 134 valence electrons. The number of rotatable bonds is 6. The van der Waals surface area contributed by atoms with Crippen LogP contribution in [0.3, 0.4) is 0 Å². The number of nitrogens with zero attached hydrogens (tertiary/aromatic N) is 1. The third-order valence-corrected chi connectivity index (χ3v) is 4.97. The minimum Gasteiger partial charge on any atom is -0.457 e. The molecule has 26 heavy (non-hydrogen) atoms. The van der Waals surface area contributed by atoms with Gasteiger partial charge in [-0.25, -0.2) is 13.4 Å². The number of ether oxygens (including phenoxy) is 1. The van der Waals surface area contributed by atoms with Crippen LogP contribution in [0.15, 0.2) is 71.8 Å². The van der Waals surface area contributed by atoms with E-state index < -0.39 is 9.84 Å². The number of aromatic nitrogens is 1. The van der Waals surface area contributed by atoms with E-state index in [0.717, 1.165) is 16.9 Å². The van der Waals surface area contributed by atoms with Gasteiger partial charge in [0.1, 0.15) is 22.2 Å². The van der Waals surface area contributed by atoms with Gasteiger partial charge in [0.05, 0.1) is 0 Å². The van der Waals surface area contributed by atoms with Crippen LogP contribution < -0.4 is 10.1 Å². The number of benzene rings is 2. The van der Waals surface area contributed by atoms with Gasteiger partial charge in [0.2, 0.25) is 0 Å². The maximum Gasteiger partial charge on any atom is 0.179 e. The maximum atomic E-state index is 11.9. The number of nitrogens with one attached hydrogen (secondary N) is 1. The molecule has 6 heteroatoms. The quantitative estimate of drug-likeness (QED) is 0.706. The molecule has 1 N–H and O–H groups in total. The molecular weight excluding hydrogens is 348 g/mol. The molecule has 0 aliphatic rings. The molecule has 0 fully saturated rings. The van der Waals surface area contributed by atoms with E-state index in [1.807, 2.05) is 55.5 Å². The largest absolute Gasteiger partial charge is 0.457 e. The first-order valence-electron chi connectivity index (χ1n) is 8.15. The first-order valence-corrected chi connectivity index (χ1v) is 10.0. The Bertz CT molecular complexity index is 1000. The molecule has 0 saturated heterocycles. The average molecular weight is 368 g/mol. The molecule has 3 rings (SSSR count). The van der Waals surface area contributed by atoms with E-state index in [2.05, 4.69) is 10.3 Å². The molecule has 0 unspecified atom stereocenters. The van der Waals surface area contributed by atoms with E-state index in [1.54, 1.807) is 18.3 Å². The molecular formula is C20H20N2O3S. The lowest BCUT2D eigenvalue weighted by Gasteiger charge is -2.13. The van der Waals surface area contributed by atoms with Crippen LogP contribution in [0, 0.1) is 6.92 Å². The summed E-state index contributed by atoms with van der Waals surface area (Å²) in [6.45, 7) is 2.41. The zero-order valence-electron chi connectivity index (χ0n) is 14.6. The number of para-hydroxylation sites is 1. The predicted molar refractivity (Wildman–Crippen MR) is 102 cm³/mol. The normalized spacial score (nSPS) is 11.2. The fourth-order valence-corrected chi connectivity index (χ4v) is 3.29. The van der Waals surface area contributed by atoms with E-state index >= 15 is 0 Å². The fourth-order valence-electron chi connectivity index (χ4n) is 2.48. The summed E-state index contributed by atoms with van der Waals surface area (Å²) in [5, 5.41) is 3.10. The number of aryl methyl sites for hydroxylation is 1. The van der Waals surface area contributed by atoms with Crippen molar-refractivity contribution in [3.05, 3.63) is 78.0 Å². The first kappa shape index (κ1) is 17.9. The highest BCUT2D eigenvalue weighted by atomic mass is 32.2. The molecule has 0 atom stereocenters. The number of sulfone groups is 1. The molecule has 1 heterocycles. The Morgan fingerprint density at radius 2 is 1.73 bits per heavy atom. The van der Waals surface area contributed by atoms with Gasteiger partial charge in [0.15, 0.2) is 9.84 Å². The summed E-state index contributed by atoms with van der Waals surface area (Å²) in [4.78, 5) is 4.33. The van der Waals surface area contributed by atoms with Crippen molar-refractivity contribution in [2.24, 2.45) is 0 Å². The third-order valence-electron chi connectivity index (χ3n) is 3.84. The van der Waals surface area contributed by atoms with Crippen molar-refractivity contribution >= 4 is 15.7 Å². The Balaban J connectivity index is 1.81. The Morgan fingerprint density at radius 1 is 1.00 bits per heavy atom. The summed E-state index contributed by atoms with van der Waals surface area (Å²) < 4.78 is 29.8. The van der Waals surface area contributed by atoms with E-state index in [0.29, 0.717) is 18.1 Å². The summed E-state index contributed by atoms with van der Waals surface area (Å²) in [5.74, 6) is 1.79. The van der Waals surface area contributed by atoms with Crippen LogP contribution in [0.25, 0.3) is 0 Å². The van der Waals surface area contributed by atoms with E-state index in [1.165, 1.54) is 6.26 Å². The van der Waals surface area contributed by atoms with Gasteiger partial charge >= 0.3 is 0 Å². The summed E-state index contributed by atoms with van der Waals surface area (Å²) >= 11 is 0. The monoisotopic (exact) mass is 368 g/mol. The van der Waals surface area contributed by atoms with Crippen molar-refractivity contribution in [2.45, 2.75) is 18.4 Å². The second-order valence-corrected chi connectivity index (χ2v) is 7.98. The zero-order chi connectivity index (χ0) is 18.6. The lowest BCUT2D eigenvalue weighted by atomic mass is 10.2. The SMILES string of the molecule is Cc1ccc(Oc2ccccc2CNc2ncccc2S(C)(=O)=O)cc1. The average Bonchev–Trinajstić information content (AvgIpc) is 2.62. The van der Waals surface area contributed by atoms with E-state index in [-0.39, 0.29) is 4.90 Å². The van der Waals surface area contributed by atoms with Crippen LogP contribution in [0.4, 0.5) is 5.82 Å². The van der Waals surface area contributed by atoms with Gasteiger partial charge in [-0.05, 0) is 37.3 Å². The number of anilines is 1. The molecule has 0 bridgehead atoms. The number of hydrogen-bond acceptors (Lipinski definition) is 5. The molecule has 2 aromatic carbocycles. The molecule has 0 spiro atoms. The van der Waals surface area contributed by atoms with Crippen LogP contribution in [-0.4, -0.2) is 19.7 Å². The summed E-state index contributed by atoms with van der Waals surface area (Å²) in [5.41, 5.74) is 2.06. The van der Waals surface area contributed by atoms with Gasteiger partial charge in [-0.2, -0.15) is 0 Å². The van der Waals surface area contributed by atoms with Gasteiger partial charge in [-0.3, -0.25) is 0 Å². The van der Waals surface area contributed by atoms with Gasteiger partial charge in [0, 0.05) is 24.6 Å². The van der Waals surface area contributed by atoms with E-state index in [4.69, 9.17) is 4.74 Å². The van der Waals surface area contributed by atoms with Crippen molar-refractivity contribution in [1.29, 1.82) is 0 Å².